The number of hydrogen-bond acceptors (Lipinski definition) is 4. The summed E-state index contributed by atoms with van der Waals surface area (Å²) in [4.78, 5) is 23.1. The predicted octanol–water partition coefficient (Wildman–Crippen LogP) is 4.53. The first-order valence-corrected chi connectivity index (χ1v) is 13.7. The van der Waals surface area contributed by atoms with E-state index >= 15 is 0 Å². The molecular weight excluding hydrogens is 460 g/mol. The number of sulfonamides is 1. The van der Waals surface area contributed by atoms with Crippen molar-refractivity contribution in [3.05, 3.63) is 65.0 Å². The van der Waals surface area contributed by atoms with E-state index in [-0.39, 0.29) is 10.8 Å². The number of carbonyl (C=O) groups is 1. The largest absolute Gasteiger partial charge is 0.346 e. The number of aromatic nitrogens is 2. The van der Waals surface area contributed by atoms with Crippen molar-refractivity contribution in [2.24, 2.45) is 5.92 Å². The molecule has 5 rings (SSSR count). The van der Waals surface area contributed by atoms with E-state index in [1.807, 2.05) is 38.2 Å². The van der Waals surface area contributed by atoms with Crippen LogP contribution in [0.5, 0.6) is 0 Å². The summed E-state index contributed by atoms with van der Waals surface area (Å²) >= 11 is 0. The number of carbonyl (C=O) groups excluding carboxylic acids is 1. The third-order valence-electron chi connectivity index (χ3n) is 7.52. The molecule has 4 heterocycles. The maximum absolute atomic E-state index is 13.5. The molecule has 1 amide bonds. The van der Waals surface area contributed by atoms with E-state index in [1.54, 1.807) is 21.5 Å². The minimum atomic E-state index is -3.64. The van der Waals surface area contributed by atoms with Gasteiger partial charge in [-0.1, -0.05) is 13.0 Å². The van der Waals surface area contributed by atoms with Gasteiger partial charge in [0.2, 0.25) is 10.0 Å². The predicted molar refractivity (Wildman–Crippen MR) is 138 cm³/mol. The van der Waals surface area contributed by atoms with Gasteiger partial charge in [-0.25, -0.2) is 13.4 Å². The number of piperidine rings is 1. The van der Waals surface area contributed by atoms with E-state index in [0.717, 1.165) is 41.4 Å². The van der Waals surface area contributed by atoms with Gasteiger partial charge in [-0.05, 0) is 80.0 Å². The van der Waals surface area contributed by atoms with Gasteiger partial charge >= 0.3 is 0 Å². The number of aryl methyl sites for hydroxylation is 1. The molecule has 2 aromatic heterocycles. The van der Waals surface area contributed by atoms with Crippen molar-refractivity contribution in [3.63, 3.8) is 0 Å². The Bertz CT molecular complexity index is 1420. The molecule has 7 nitrogen and oxygen atoms in total. The second-order valence-corrected chi connectivity index (χ2v) is 11.7. The van der Waals surface area contributed by atoms with E-state index in [1.165, 1.54) is 5.57 Å². The van der Waals surface area contributed by atoms with Gasteiger partial charge in [0, 0.05) is 55.1 Å². The smallest absolute Gasteiger partial charge is 0.254 e. The molecule has 1 aromatic carbocycles. The number of nitrogens with zero attached hydrogens (tertiary/aromatic N) is 3. The number of aromatic amines is 1. The fourth-order valence-corrected chi connectivity index (χ4v) is 6.88. The molecule has 184 valence electrons. The van der Waals surface area contributed by atoms with E-state index in [9.17, 15) is 13.2 Å². The summed E-state index contributed by atoms with van der Waals surface area (Å²) in [5.74, 6) is 0.405. The second kappa shape index (κ2) is 9.24. The fourth-order valence-electron chi connectivity index (χ4n) is 5.09. The van der Waals surface area contributed by atoms with E-state index in [4.69, 9.17) is 0 Å². The van der Waals surface area contributed by atoms with Crippen molar-refractivity contribution >= 4 is 32.5 Å². The lowest BCUT2D eigenvalue weighted by Gasteiger charge is -2.30. The Labute approximate surface area is 206 Å². The number of rotatable bonds is 4. The molecular formula is C27H32N4O3S. The highest BCUT2D eigenvalue weighted by Gasteiger charge is 2.31. The van der Waals surface area contributed by atoms with Crippen LogP contribution in [0.4, 0.5) is 0 Å². The number of hydrogen-bond donors (Lipinski definition) is 1. The third kappa shape index (κ3) is 4.41. The summed E-state index contributed by atoms with van der Waals surface area (Å²) in [5, 5.41) is 1.08. The highest BCUT2D eigenvalue weighted by Crippen LogP contribution is 2.31. The van der Waals surface area contributed by atoms with Crippen molar-refractivity contribution in [2.75, 3.05) is 26.2 Å². The molecule has 0 radical (unpaired) electrons. The standard InChI is InChI=1S/C27H32N4O3S/c1-18-6-13-31(14-7-18)35(33,34)25-16-22(15-19(2)20(25)3)27(32)30-11-8-21(9-12-30)24-17-29-26-23(24)5-4-10-28-26/h4-5,8,10,15-18H,6-7,9,11-14H2,1-3H3,(H,28,29). The Morgan fingerprint density at radius 2 is 1.91 bits per heavy atom. The zero-order chi connectivity index (χ0) is 24.7. The quantitative estimate of drug-likeness (QED) is 0.580. The molecule has 35 heavy (non-hydrogen) atoms. The van der Waals surface area contributed by atoms with E-state index < -0.39 is 10.0 Å². The SMILES string of the molecule is Cc1cc(C(=O)N2CC=C(c3c[nH]c4ncccc34)CC2)cc(S(=O)(=O)N2CCC(C)CC2)c1C. The van der Waals surface area contributed by atoms with Crippen LogP contribution in [0.2, 0.25) is 0 Å². The van der Waals surface area contributed by atoms with Gasteiger partial charge in [-0.15, -0.1) is 0 Å². The molecule has 1 fully saturated rings. The first-order chi connectivity index (χ1) is 16.8. The van der Waals surface area contributed by atoms with Crippen LogP contribution in [-0.4, -0.2) is 59.7 Å². The third-order valence-corrected chi connectivity index (χ3v) is 9.55. The summed E-state index contributed by atoms with van der Waals surface area (Å²) in [6.45, 7) is 7.99. The lowest BCUT2D eigenvalue weighted by molar-refractivity contribution is 0.0772. The highest BCUT2D eigenvalue weighted by atomic mass is 32.2. The minimum absolute atomic E-state index is 0.132. The summed E-state index contributed by atoms with van der Waals surface area (Å²) < 4.78 is 28.5. The summed E-state index contributed by atoms with van der Waals surface area (Å²) in [5.41, 5.74) is 5.14. The van der Waals surface area contributed by atoms with Crippen LogP contribution in [0.3, 0.4) is 0 Å². The van der Waals surface area contributed by atoms with Gasteiger partial charge in [-0.2, -0.15) is 4.31 Å². The van der Waals surface area contributed by atoms with Gasteiger partial charge in [0.1, 0.15) is 5.65 Å². The summed E-state index contributed by atoms with van der Waals surface area (Å²) in [7, 11) is -3.64. The molecule has 0 unspecified atom stereocenters. The van der Waals surface area contributed by atoms with Crippen LogP contribution in [-0.2, 0) is 10.0 Å². The Balaban J connectivity index is 1.39. The molecule has 0 spiro atoms. The number of H-pyrrole nitrogens is 1. The number of fused-ring (bicyclic) bond motifs is 1. The minimum Gasteiger partial charge on any atom is -0.346 e. The lowest BCUT2D eigenvalue weighted by atomic mass is 9.98. The molecule has 0 saturated carbocycles. The molecule has 8 heteroatoms. The number of amides is 1. The number of pyridine rings is 1. The monoisotopic (exact) mass is 492 g/mol. The van der Waals surface area contributed by atoms with E-state index in [0.29, 0.717) is 43.2 Å². The number of nitrogens with one attached hydrogen (secondary N) is 1. The average molecular weight is 493 g/mol. The molecule has 2 aliphatic heterocycles. The summed E-state index contributed by atoms with van der Waals surface area (Å²) in [6, 6.07) is 7.38. The van der Waals surface area contributed by atoms with Crippen LogP contribution >= 0.6 is 0 Å². The molecule has 0 atom stereocenters. The Kier molecular flexibility index (Phi) is 6.27. The molecule has 3 aromatic rings. The van der Waals surface area contributed by atoms with Crippen LogP contribution in [0.25, 0.3) is 16.6 Å². The van der Waals surface area contributed by atoms with Crippen LogP contribution < -0.4 is 0 Å². The van der Waals surface area contributed by atoms with Gasteiger partial charge < -0.3 is 9.88 Å². The van der Waals surface area contributed by atoms with Crippen molar-refractivity contribution in [1.82, 2.24) is 19.2 Å². The first-order valence-electron chi connectivity index (χ1n) is 12.3. The second-order valence-electron chi connectivity index (χ2n) is 9.84. The van der Waals surface area contributed by atoms with Gasteiger partial charge in [0.15, 0.2) is 0 Å². The Morgan fingerprint density at radius 1 is 1.14 bits per heavy atom. The Morgan fingerprint density at radius 3 is 2.63 bits per heavy atom. The molecule has 2 aliphatic rings. The van der Waals surface area contributed by atoms with E-state index in [2.05, 4.69) is 23.0 Å². The van der Waals surface area contributed by atoms with Crippen molar-refractivity contribution in [2.45, 2.75) is 44.9 Å². The average Bonchev–Trinajstić information content (AvgIpc) is 3.29. The molecule has 1 N–H and O–H groups in total. The zero-order valence-corrected chi connectivity index (χ0v) is 21.4. The van der Waals surface area contributed by atoms with Crippen LogP contribution in [0.1, 0.15) is 53.2 Å². The zero-order valence-electron chi connectivity index (χ0n) is 20.5. The number of benzene rings is 1. The topological polar surface area (TPSA) is 86.4 Å². The van der Waals surface area contributed by atoms with Crippen molar-refractivity contribution < 1.29 is 13.2 Å². The molecule has 1 saturated heterocycles. The first kappa shape index (κ1) is 23.8. The molecule has 0 aliphatic carbocycles. The van der Waals surface area contributed by atoms with Crippen LogP contribution in [0, 0.1) is 19.8 Å². The normalized spacial score (nSPS) is 18.1. The van der Waals surface area contributed by atoms with Crippen LogP contribution in [0.15, 0.2) is 47.6 Å². The maximum atomic E-state index is 13.5. The summed E-state index contributed by atoms with van der Waals surface area (Å²) in [6.07, 6.45) is 8.29. The molecule has 0 bridgehead atoms. The lowest BCUT2D eigenvalue weighted by Crippen LogP contribution is -2.38. The Hall–Kier alpha value is -2.97. The highest BCUT2D eigenvalue weighted by molar-refractivity contribution is 7.89. The van der Waals surface area contributed by atoms with Gasteiger partial charge in [0.05, 0.1) is 4.90 Å². The maximum Gasteiger partial charge on any atom is 0.254 e. The van der Waals surface area contributed by atoms with Gasteiger partial charge in [0.25, 0.3) is 5.91 Å². The van der Waals surface area contributed by atoms with Crippen molar-refractivity contribution in [1.29, 1.82) is 0 Å². The fraction of sp³-hybridized carbons (Fsp3) is 0.407. The van der Waals surface area contributed by atoms with Gasteiger partial charge in [-0.3, -0.25) is 4.79 Å². The van der Waals surface area contributed by atoms with Crippen molar-refractivity contribution in [3.8, 4) is 0 Å².